The standard InChI is InChI=1S/C18H26NO3P/c1-15-11-17(3)22-16(2,20-15)12-18(4,21-15)23(17)14-10-8-7-9-13(14)19(5)6/h7-10H,11-12H2,1-6H3/t15-,16-,17+,18+/m0/s1. The lowest BCUT2D eigenvalue weighted by Gasteiger charge is -2.69. The third kappa shape index (κ3) is 2.19. The molecule has 5 heteroatoms. The molecule has 0 spiro atoms. The van der Waals surface area contributed by atoms with Crippen LogP contribution in [0.5, 0.6) is 0 Å². The highest BCUT2D eigenvalue weighted by molar-refractivity contribution is 7.68. The molecule has 126 valence electrons. The molecule has 0 N–H and O–H groups in total. The Balaban J connectivity index is 1.88. The third-order valence-corrected chi connectivity index (χ3v) is 8.40. The van der Waals surface area contributed by atoms with Gasteiger partial charge in [0.2, 0.25) is 0 Å². The normalized spacial score (nSPS) is 47.8. The fourth-order valence-electron chi connectivity index (χ4n) is 5.13. The van der Waals surface area contributed by atoms with Crippen LogP contribution in [0, 0.1) is 0 Å². The monoisotopic (exact) mass is 335 g/mol. The number of hydrogen-bond donors (Lipinski definition) is 0. The second-order valence-electron chi connectivity index (χ2n) is 8.00. The van der Waals surface area contributed by atoms with E-state index in [-0.39, 0.29) is 10.7 Å². The first-order valence-electron chi connectivity index (χ1n) is 8.26. The Morgan fingerprint density at radius 3 is 1.91 bits per heavy atom. The summed E-state index contributed by atoms with van der Waals surface area (Å²) in [6, 6.07) is 8.67. The minimum atomic E-state index is -0.648. The van der Waals surface area contributed by atoms with Gasteiger partial charge in [0.15, 0.2) is 11.6 Å². The maximum Gasteiger partial charge on any atom is 0.173 e. The Kier molecular flexibility index (Phi) is 3.09. The fourth-order valence-corrected chi connectivity index (χ4v) is 9.35. The molecule has 4 atom stereocenters. The van der Waals surface area contributed by atoms with Gasteiger partial charge in [-0.3, -0.25) is 0 Å². The summed E-state index contributed by atoms with van der Waals surface area (Å²) in [5.74, 6) is -1.08. The van der Waals surface area contributed by atoms with Crippen LogP contribution in [-0.2, 0) is 14.2 Å². The van der Waals surface area contributed by atoms with Crippen LogP contribution in [0.1, 0.15) is 40.5 Å². The summed E-state index contributed by atoms with van der Waals surface area (Å²) in [5, 5.41) is 0.909. The van der Waals surface area contributed by atoms with Gasteiger partial charge in [-0.15, -0.1) is 0 Å². The topological polar surface area (TPSA) is 30.9 Å². The molecule has 0 unspecified atom stereocenters. The van der Waals surface area contributed by atoms with Gasteiger partial charge in [0.25, 0.3) is 0 Å². The van der Waals surface area contributed by atoms with Gasteiger partial charge in [-0.25, -0.2) is 0 Å². The molecular formula is C18H26NO3P. The van der Waals surface area contributed by atoms with E-state index in [0.717, 1.165) is 12.8 Å². The number of anilines is 1. The lowest BCUT2D eigenvalue weighted by atomic mass is 9.98. The lowest BCUT2D eigenvalue weighted by Crippen LogP contribution is -2.72. The molecule has 1 aromatic rings. The molecule has 5 rings (SSSR count). The molecule has 0 saturated carbocycles. The number of para-hydroxylation sites is 1. The second kappa shape index (κ2) is 4.49. The van der Waals surface area contributed by atoms with Crippen molar-refractivity contribution in [3.63, 3.8) is 0 Å². The smallest absolute Gasteiger partial charge is 0.173 e. The van der Waals surface area contributed by atoms with E-state index >= 15 is 0 Å². The molecule has 1 aromatic carbocycles. The van der Waals surface area contributed by atoms with Crippen molar-refractivity contribution in [2.24, 2.45) is 0 Å². The molecule has 4 nitrogen and oxygen atoms in total. The Morgan fingerprint density at radius 2 is 1.39 bits per heavy atom. The predicted molar refractivity (Wildman–Crippen MR) is 93.4 cm³/mol. The van der Waals surface area contributed by atoms with Crippen molar-refractivity contribution < 1.29 is 14.2 Å². The minimum absolute atomic E-state index is 0.228. The van der Waals surface area contributed by atoms with Crippen molar-refractivity contribution in [3.8, 4) is 0 Å². The van der Waals surface area contributed by atoms with Crippen LogP contribution in [0.25, 0.3) is 0 Å². The van der Waals surface area contributed by atoms with Gasteiger partial charge in [0.1, 0.15) is 0 Å². The third-order valence-electron chi connectivity index (χ3n) is 5.15. The summed E-state index contributed by atoms with van der Waals surface area (Å²) < 4.78 is 19.2. The highest BCUT2D eigenvalue weighted by atomic mass is 31.1. The number of rotatable bonds is 2. The van der Waals surface area contributed by atoms with Crippen molar-refractivity contribution in [2.45, 2.75) is 62.8 Å². The molecule has 23 heavy (non-hydrogen) atoms. The van der Waals surface area contributed by atoms with Crippen LogP contribution in [0.4, 0.5) is 5.69 Å². The van der Waals surface area contributed by atoms with Crippen molar-refractivity contribution in [1.82, 2.24) is 0 Å². The summed E-state index contributed by atoms with van der Waals surface area (Å²) in [6.07, 6.45) is 1.55. The quantitative estimate of drug-likeness (QED) is 0.773. The molecule has 4 fully saturated rings. The maximum atomic E-state index is 6.54. The number of ether oxygens (including phenoxy) is 3. The van der Waals surface area contributed by atoms with Crippen LogP contribution in [0.3, 0.4) is 0 Å². The average molecular weight is 335 g/mol. The van der Waals surface area contributed by atoms with Crippen molar-refractivity contribution in [3.05, 3.63) is 24.3 Å². The summed E-state index contributed by atoms with van der Waals surface area (Å²) in [6.45, 7) is 8.64. The Bertz CT molecular complexity index is 617. The van der Waals surface area contributed by atoms with Gasteiger partial charge >= 0.3 is 0 Å². The number of benzene rings is 1. The highest BCUT2D eigenvalue weighted by Gasteiger charge is 2.71. The highest BCUT2D eigenvalue weighted by Crippen LogP contribution is 2.76. The van der Waals surface area contributed by atoms with Crippen molar-refractivity contribution >= 4 is 18.9 Å². The Morgan fingerprint density at radius 1 is 0.870 bits per heavy atom. The first kappa shape index (κ1) is 15.8. The van der Waals surface area contributed by atoms with E-state index in [0.29, 0.717) is 0 Å². The van der Waals surface area contributed by atoms with Gasteiger partial charge in [-0.05, 0) is 41.7 Å². The van der Waals surface area contributed by atoms with E-state index in [1.807, 2.05) is 0 Å². The molecule has 4 aliphatic heterocycles. The zero-order valence-corrected chi connectivity index (χ0v) is 15.7. The van der Waals surface area contributed by atoms with Crippen molar-refractivity contribution in [2.75, 3.05) is 19.0 Å². The maximum absolute atomic E-state index is 6.54. The summed E-state index contributed by atoms with van der Waals surface area (Å²) >= 11 is 0. The van der Waals surface area contributed by atoms with Crippen LogP contribution in [0.2, 0.25) is 0 Å². The lowest BCUT2D eigenvalue weighted by molar-refractivity contribution is -0.467. The van der Waals surface area contributed by atoms with Crippen LogP contribution >= 0.6 is 7.92 Å². The zero-order chi connectivity index (χ0) is 16.7. The van der Waals surface area contributed by atoms with E-state index < -0.39 is 19.5 Å². The summed E-state index contributed by atoms with van der Waals surface area (Å²) in [4.78, 5) is 2.19. The van der Waals surface area contributed by atoms with Crippen molar-refractivity contribution in [1.29, 1.82) is 0 Å². The SMILES string of the molecule is CN(C)c1ccccc1P1[C@]2(C)C[C@@]3(C)O[C@](C)(C[C@]1(C)O3)O2. The van der Waals surface area contributed by atoms with Crippen LogP contribution < -0.4 is 10.2 Å². The van der Waals surface area contributed by atoms with E-state index in [2.05, 4.69) is 71.0 Å². The molecule has 4 bridgehead atoms. The molecule has 4 heterocycles. The van der Waals surface area contributed by atoms with Gasteiger partial charge in [0, 0.05) is 37.9 Å². The summed E-state index contributed by atoms with van der Waals surface area (Å²) in [5.41, 5.74) is 1.26. The second-order valence-corrected chi connectivity index (χ2v) is 11.0. The molecule has 0 radical (unpaired) electrons. The molecule has 0 amide bonds. The van der Waals surface area contributed by atoms with E-state index in [9.17, 15) is 0 Å². The van der Waals surface area contributed by atoms with E-state index in [4.69, 9.17) is 14.2 Å². The number of hydrogen-bond acceptors (Lipinski definition) is 4. The van der Waals surface area contributed by atoms with Gasteiger partial charge in [-0.2, -0.15) is 0 Å². The molecule has 0 aliphatic carbocycles. The molecule has 0 aromatic heterocycles. The largest absolute Gasteiger partial charge is 0.377 e. The summed E-state index contributed by atoms with van der Waals surface area (Å²) in [7, 11) is 3.55. The van der Waals surface area contributed by atoms with E-state index in [1.54, 1.807) is 0 Å². The molecule has 4 aliphatic rings. The van der Waals surface area contributed by atoms with E-state index in [1.165, 1.54) is 11.0 Å². The average Bonchev–Trinajstić information content (AvgIpc) is 2.32. The molecular weight excluding hydrogens is 309 g/mol. The Labute approximate surface area is 139 Å². The Hall–Kier alpha value is -0.670. The predicted octanol–water partition coefficient (Wildman–Crippen LogP) is 3.60. The fraction of sp³-hybridized carbons (Fsp3) is 0.667. The first-order valence-corrected chi connectivity index (χ1v) is 9.60. The van der Waals surface area contributed by atoms with Gasteiger partial charge < -0.3 is 19.1 Å². The first-order chi connectivity index (χ1) is 10.6. The zero-order valence-electron chi connectivity index (χ0n) is 14.8. The van der Waals surface area contributed by atoms with Gasteiger partial charge in [0.05, 0.1) is 10.7 Å². The number of nitrogens with zero attached hydrogens (tertiary/aromatic N) is 1. The van der Waals surface area contributed by atoms with Crippen LogP contribution in [-0.4, -0.2) is 36.4 Å². The minimum Gasteiger partial charge on any atom is -0.377 e. The molecule has 4 saturated heterocycles. The van der Waals surface area contributed by atoms with Gasteiger partial charge in [-0.1, -0.05) is 18.2 Å². The van der Waals surface area contributed by atoms with Crippen LogP contribution in [0.15, 0.2) is 24.3 Å².